The van der Waals surface area contributed by atoms with Crippen LogP contribution in [0.5, 0.6) is 0 Å². The van der Waals surface area contributed by atoms with Crippen LogP contribution in [0.15, 0.2) is 59.5 Å². The molecule has 0 spiro atoms. The first-order valence-electron chi connectivity index (χ1n) is 8.83. The molecule has 0 radical (unpaired) electrons. The van der Waals surface area contributed by atoms with E-state index < -0.39 is 20.9 Å². The number of carbonyl (C=O) groups is 2. The van der Waals surface area contributed by atoms with E-state index in [9.17, 15) is 18.0 Å². The van der Waals surface area contributed by atoms with Crippen molar-refractivity contribution in [3.63, 3.8) is 0 Å². The summed E-state index contributed by atoms with van der Waals surface area (Å²) in [5, 5.41) is 8.55. The van der Waals surface area contributed by atoms with Gasteiger partial charge >= 0.3 is 0 Å². The number of imide groups is 1. The average Bonchev–Trinajstić information content (AvgIpc) is 2.69. The maximum absolute atomic E-state index is 12.4. The SMILES string of the molecule is O=C1NC(=O)c2ccc3c4ccc(S(=O)(=O)Cl)c5cccc(c6ccc1c2c63)c54. The van der Waals surface area contributed by atoms with E-state index in [4.69, 9.17) is 10.7 Å². The van der Waals surface area contributed by atoms with Gasteiger partial charge in [0.15, 0.2) is 0 Å². The molecule has 6 rings (SSSR count). The lowest BCUT2D eigenvalue weighted by atomic mass is 9.85. The lowest BCUT2D eigenvalue weighted by molar-refractivity contribution is 0.0845. The number of amides is 2. The highest BCUT2D eigenvalue weighted by Crippen LogP contribution is 2.44. The molecule has 1 aliphatic heterocycles. The van der Waals surface area contributed by atoms with Crippen LogP contribution >= 0.6 is 10.7 Å². The van der Waals surface area contributed by atoms with E-state index >= 15 is 0 Å². The Hall–Kier alpha value is -3.22. The molecule has 0 atom stereocenters. The quantitative estimate of drug-likeness (QED) is 0.187. The average molecular weight is 420 g/mol. The van der Waals surface area contributed by atoms with Gasteiger partial charge in [-0.1, -0.05) is 36.4 Å². The molecule has 7 heteroatoms. The number of carbonyl (C=O) groups excluding carboxylic acids is 2. The predicted octanol–water partition coefficient (Wildman–Crippen LogP) is 4.55. The van der Waals surface area contributed by atoms with Gasteiger partial charge in [-0.2, -0.15) is 0 Å². The minimum atomic E-state index is -3.92. The van der Waals surface area contributed by atoms with Gasteiger partial charge in [0.25, 0.3) is 20.9 Å². The zero-order chi connectivity index (χ0) is 20.1. The van der Waals surface area contributed by atoms with Crippen molar-refractivity contribution in [1.82, 2.24) is 5.32 Å². The fraction of sp³-hybridized carbons (Fsp3) is 0. The Morgan fingerprint density at radius 2 is 1.14 bits per heavy atom. The van der Waals surface area contributed by atoms with E-state index in [0.717, 1.165) is 32.3 Å². The summed E-state index contributed by atoms with van der Waals surface area (Å²) in [7, 11) is 1.75. The van der Waals surface area contributed by atoms with Gasteiger partial charge in [-0.3, -0.25) is 14.9 Å². The van der Waals surface area contributed by atoms with E-state index in [0.29, 0.717) is 21.9 Å². The molecule has 0 aliphatic carbocycles. The van der Waals surface area contributed by atoms with Gasteiger partial charge in [0, 0.05) is 32.6 Å². The molecule has 0 bridgehead atoms. The molecule has 0 saturated carbocycles. The van der Waals surface area contributed by atoms with Gasteiger partial charge in [-0.25, -0.2) is 8.42 Å². The third kappa shape index (κ3) is 2.02. The van der Waals surface area contributed by atoms with Crippen LogP contribution in [0.3, 0.4) is 0 Å². The fourth-order valence-corrected chi connectivity index (χ4v) is 5.67. The lowest BCUT2D eigenvalue weighted by Crippen LogP contribution is -2.34. The Bertz CT molecular complexity index is 1620. The second kappa shape index (κ2) is 5.23. The molecule has 29 heavy (non-hydrogen) atoms. The zero-order valence-electron chi connectivity index (χ0n) is 14.6. The molecule has 0 unspecified atom stereocenters. The van der Waals surface area contributed by atoms with Crippen LogP contribution in [0, 0.1) is 0 Å². The van der Waals surface area contributed by atoms with Crippen molar-refractivity contribution in [2.24, 2.45) is 0 Å². The molecule has 1 aliphatic rings. The normalized spacial score (nSPS) is 14.4. The highest BCUT2D eigenvalue weighted by Gasteiger charge is 2.28. The van der Waals surface area contributed by atoms with Crippen LogP contribution in [-0.4, -0.2) is 20.2 Å². The van der Waals surface area contributed by atoms with E-state index in [1.54, 1.807) is 30.3 Å². The number of rotatable bonds is 1. The maximum Gasteiger partial charge on any atom is 0.261 e. The van der Waals surface area contributed by atoms with Crippen molar-refractivity contribution >= 4 is 74.6 Å². The van der Waals surface area contributed by atoms with Crippen molar-refractivity contribution in [1.29, 1.82) is 0 Å². The smallest absolute Gasteiger partial charge is 0.261 e. The summed E-state index contributed by atoms with van der Waals surface area (Å²) in [6.07, 6.45) is 0. The Morgan fingerprint density at radius 3 is 1.76 bits per heavy atom. The van der Waals surface area contributed by atoms with Crippen molar-refractivity contribution in [3.8, 4) is 0 Å². The Balaban J connectivity index is 1.96. The van der Waals surface area contributed by atoms with E-state index in [2.05, 4.69) is 5.32 Å². The minimum absolute atomic E-state index is 0.0587. The van der Waals surface area contributed by atoms with E-state index in [1.807, 2.05) is 18.2 Å². The van der Waals surface area contributed by atoms with Gasteiger partial charge in [-0.15, -0.1) is 0 Å². The highest BCUT2D eigenvalue weighted by atomic mass is 35.7. The third-order valence-electron chi connectivity index (χ3n) is 5.72. The van der Waals surface area contributed by atoms with Crippen LogP contribution in [0.4, 0.5) is 0 Å². The molecule has 5 aromatic carbocycles. The largest absolute Gasteiger partial charge is 0.288 e. The molecular weight excluding hydrogens is 410 g/mol. The van der Waals surface area contributed by atoms with Gasteiger partial charge in [0.2, 0.25) is 0 Å². The zero-order valence-corrected chi connectivity index (χ0v) is 16.2. The molecule has 2 amide bonds. The van der Waals surface area contributed by atoms with Crippen molar-refractivity contribution in [2.45, 2.75) is 4.90 Å². The predicted molar refractivity (Wildman–Crippen MR) is 112 cm³/mol. The van der Waals surface area contributed by atoms with Crippen molar-refractivity contribution in [2.75, 3.05) is 0 Å². The monoisotopic (exact) mass is 419 g/mol. The van der Waals surface area contributed by atoms with Crippen LogP contribution < -0.4 is 5.32 Å². The minimum Gasteiger partial charge on any atom is -0.288 e. The highest BCUT2D eigenvalue weighted by molar-refractivity contribution is 8.14. The first-order chi connectivity index (χ1) is 13.9. The Kier molecular flexibility index (Phi) is 3.01. The van der Waals surface area contributed by atoms with Crippen molar-refractivity contribution < 1.29 is 18.0 Å². The van der Waals surface area contributed by atoms with Crippen molar-refractivity contribution in [3.05, 3.63) is 65.7 Å². The Morgan fingerprint density at radius 1 is 0.621 bits per heavy atom. The third-order valence-corrected chi connectivity index (χ3v) is 7.10. The molecule has 1 N–H and O–H groups in total. The number of hydrogen-bond acceptors (Lipinski definition) is 4. The van der Waals surface area contributed by atoms with Crippen LogP contribution in [-0.2, 0) is 9.05 Å². The maximum atomic E-state index is 12.4. The molecule has 0 fully saturated rings. The van der Waals surface area contributed by atoms with Gasteiger partial charge in [-0.05, 0) is 50.5 Å². The number of benzene rings is 5. The summed E-state index contributed by atoms with van der Waals surface area (Å²) in [5.74, 6) is -0.836. The summed E-state index contributed by atoms with van der Waals surface area (Å²) in [6, 6.07) is 15.8. The number of hydrogen-bond donors (Lipinski definition) is 1. The standard InChI is InChI=1S/C22H10ClNO4S/c23-29(27,28)17-9-8-11-13-5-7-16-20-15(21(25)24-22(16)26)6-4-12(19(13)20)10-2-1-3-14(17)18(10)11/h1-9H,(H,24,25,26). The molecule has 5 nitrogen and oxygen atoms in total. The van der Waals surface area contributed by atoms with Crippen LogP contribution in [0.1, 0.15) is 20.7 Å². The van der Waals surface area contributed by atoms with Gasteiger partial charge < -0.3 is 0 Å². The summed E-state index contributed by atoms with van der Waals surface area (Å²) in [4.78, 5) is 24.8. The topological polar surface area (TPSA) is 80.3 Å². The number of halogens is 1. The Labute approximate surface area is 168 Å². The summed E-state index contributed by atoms with van der Waals surface area (Å²) in [6.45, 7) is 0. The second-order valence-corrected chi connectivity index (χ2v) is 9.67. The first-order valence-corrected chi connectivity index (χ1v) is 11.1. The fourth-order valence-electron chi connectivity index (χ4n) is 4.60. The van der Waals surface area contributed by atoms with E-state index in [-0.39, 0.29) is 4.90 Å². The molecule has 5 aromatic rings. The van der Waals surface area contributed by atoms with Gasteiger partial charge in [0.1, 0.15) is 0 Å². The first kappa shape index (κ1) is 16.7. The van der Waals surface area contributed by atoms with Gasteiger partial charge in [0.05, 0.1) is 4.90 Å². The molecule has 0 saturated heterocycles. The number of fused-ring (bicyclic) bond motifs is 2. The molecule has 1 heterocycles. The summed E-state index contributed by atoms with van der Waals surface area (Å²) < 4.78 is 24.2. The number of nitrogens with one attached hydrogen (secondary N) is 1. The molecule has 0 aromatic heterocycles. The summed E-state index contributed by atoms with van der Waals surface area (Å²) >= 11 is 0. The van der Waals surface area contributed by atoms with Crippen LogP contribution in [0.25, 0.3) is 43.1 Å². The summed E-state index contributed by atoms with van der Waals surface area (Å²) in [5.41, 5.74) is 0.909. The molecule has 140 valence electrons. The van der Waals surface area contributed by atoms with E-state index in [1.165, 1.54) is 6.07 Å². The second-order valence-electron chi connectivity index (χ2n) is 7.13. The lowest BCUT2D eigenvalue weighted by Gasteiger charge is -2.21. The van der Waals surface area contributed by atoms with Crippen LogP contribution in [0.2, 0.25) is 0 Å². The molecular formula is C22H10ClNO4S.